The van der Waals surface area contributed by atoms with Gasteiger partial charge in [0.15, 0.2) is 0 Å². The lowest BCUT2D eigenvalue weighted by atomic mass is 9.87. The Kier molecular flexibility index (Phi) is 6.95. The molecule has 50 heavy (non-hydrogen) atoms. The van der Waals surface area contributed by atoms with Gasteiger partial charge >= 0.3 is 0 Å². The normalized spacial score (nSPS) is 11.2. The van der Waals surface area contributed by atoms with E-state index in [4.69, 9.17) is 0 Å². The summed E-state index contributed by atoms with van der Waals surface area (Å²) >= 11 is 0. The lowest BCUT2D eigenvalue weighted by Crippen LogP contribution is -1.95. The summed E-state index contributed by atoms with van der Waals surface area (Å²) in [5, 5.41) is 30.9. The van der Waals surface area contributed by atoms with E-state index in [0.717, 1.165) is 55.3 Å². The van der Waals surface area contributed by atoms with Gasteiger partial charge in [-0.2, -0.15) is 10.5 Å². The first-order valence-electron chi connectivity index (χ1n) is 16.7. The first kappa shape index (κ1) is 29.2. The maximum absolute atomic E-state index is 10.6. The van der Waals surface area contributed by atoms with E-state index in [-0.39, 0.29) is 0 Å². The van der Waals surface area contributed by atoms with Crippen LogP contribution in [0.15, 0.2) is 170 Å². The number of fused-ring (bicyclic) bond motifs is 7. The minimum absolute atomic E-state index is 0.549. The van der Waals surface area contributed by atoms with Crippen LogP contribution in [0.3, 0.4) is 0 Å². The lowest BCUT2D eigenvalue weighted by Gasteiger charge is -2.15. The molecule has 2 heteroatoms. The minimum Gasteiger partial charge on any atom is -0.192 e. The van der Waals surface area contributed by atoms with Crippen LogP contribution in [0.25, 0.3) is 87.6 Å². The number of nitriles is 2. The summed E-state index contributed by atoms with van der Waals surface area (Å²) in [5.74, 6) is 0. The van der Waals surface area contributed by atoms with Gasteiger partial charge in [-0.3, -0.25) is 0 Å². The SMILES string of the molecule is N#Cc1c(-c2cccc(-c3ccc4c5ccccc5c5ccccc5c4c3)c2)cccc1-c1cccc(-c2ccc3ccccc3c2)c1C#N. The number of benzene rings is 9. The minimum atomic E-state index is 0.549. The Labute approximate surface area is 290 Å². The van der Waals surface area contributed by atoms with Crippen molar-refractivity contribution in [3.05, 3.63) is 181 Å². The van der Waals surface area contributed by atoms with Crippen molar-refractivity contribution in [2.24, 2.45) is 0 Å². The summed E-state index contributed by atoms with van der Waals surface area (Å²) in [6.45, 7) is 0. The van der Waals surface area contributed by atoms with Gasteiger partial charge in [0.2, 0.25) is 0 Å². The van der Waals surface area contributed by atoms with Crippen LogP contribution >= 0.6 is 0 Å². The second-order valence-electron chi connectivity index (χ2n) is 12.7. The number of hydrogen-bond acceptors (Lipinski definition) is 2. The molecule has 0 aliphatic carbocycles. The van der Waals surface area contributed by atoms with Gasteiger partial charge in [0, 0.05) is 22.3 Å². The molecule has 0 spiro atoms. The molecule has 2 nitrogen and oxygen atoms in total. The van der Waals surface area contributed by atoms with Gasteiger partial charge in [-0.15, -0.1) is 0 Å². The van der Waals surface area contributed by atoms with E-state index in [9.17, 15) is 10.5 Å². The van der Waals surface area contributed by atoms with Crippen molar-refractivity contribution in [1.82, 2.24) is 0 Å². The first-order valence-corrected chi connectivity index (χ1v) is 16.7. The monoisotopic (exact) mass is 632 g/mol. The van der Waals surface area contributed by atoms with Crippen LogP contribution < -0.4 is 0 Å². The second kappa shape index (κ2) is 11.9. The van der Waals surface area contributed by atoms with E-state index < -0.39 is 0 Å². The summed E-state index contributed by atoms with van der Waals surface area (Å²) in [4.78, 5) is 0. The maximum atomic E-state index is 10.6. The first-order chi connectivity index (χ1) is 24.7. The van der Waals surface area contributed by atoms with Gasteiger partial charge in [-0.1, -0.05) is 152 Å². The maximum Gasteiger partial charge on any atom is 0.100 e. The molecule has 0 amide bonds. The van der Waals surface area contributed by atoms with Gasteiger partial charge in [-0.25, -0.2) is 0 Å². The van der Waals surface area contributed by atoms with Crippen molar-refractivity contribution in [3.63, 3.8) is 0 Å². The van der Waals surface area contributed by atoms with E-state index in [2.05, 4.69) is 133 Å². The fraction of sp³-hybridized carbons (Fsp3) is 0. The number of nitrogens with zero attached hydrogens (tertiary/aromatic N) is 2. The molecule has 0 saturated carbocycles. The Hall–Kier alpha value is -7.00. The van der Waals surface area contributed by atoms with Crippen molar-refractivity contribution >= 4 is 43.1 Å². The molecule has 0 N–H and O–H groups in total. The van der Waals surface area contributed by atoms with Gasteiger partial charge in [0.05, 0.1) is 11.1 Å². The predicted octanol–water partition coefficient (Wildman–Crippen LogP) is 12.7. The Bertz CT molecular complexity index is 2870. The largest absolute Gasteiger partial charge is 0.192 e. The van der Waals surface area contributed by atoms with Crippen LogP contribution in [-0.2, 0) is 0 Å². The molecule has 0 bridgehead atoms. The average Bonchev–Trinajstić information content (AvgIpc) is 3.20. The van der Waals surface area contributed by atoms with Gasteiger partial charge in [0.1, 0.15) is 12.1 Å². The number of rotatable bonds is 4. The summed E-state index contributed by atoms with van der Waals surface area (Å²) in [6, 6.07) is 63.7. The van der Waals surface area contributed by atoms with Crippen LogP contribution in [0.5, 0.6) is 0 Å². The molecule has 0 saturated heterocycles. The molecule has 9 rings (SSSR count). The molecule has 230 valence electrons. The second-order valence-corrected chi connectivity index (χ2v) is 12.7. The summed E-state index contributed by atoms with van der Waals surface area (Å²) in [7, 11) is 0. The molecule has 9 aromatic carbocycles. The van der Waals surface area contributed by atoms with E-state index >= 15 is 0 Å². The Balaban J connectivity index is 1.17. The molecule has 0 unspecified atom stereocenters. The third-order valence-corrected chi connectivity index (χ3v) is 9.95. The van der Waals surface area contributed by atoms with Crippen LogP contribution in [0.2, 0.25) is 0 Å². The zero-order valence-corrected chi connectivity index (χ0v) is 27.1. The van der Waals surface area contributed by atoms with E-state index in [1.807, 2.05) is 48.5 Å². The highest BCUT2D eigenvalue weighted by Gasteiger charge is 2.18. The van der Waals surface area contributed by atoms with Crippen LogP contribution in [0.1, 0.15) is 11.1 Å². The van der Waals surface area contributed by atoms with E-state index in [1.165, 1.54) is 32.3 Å². The molecule has 0 atom stereocenters. The van der Waals surface area contributed by atoms with Crippen molar-refractivity contribution in [2.45, 2.75) is 0 Å². The standard InChI is InChI=1S/C48H28N2/c49-29-47-37(18-8-20-43(47)44-21-9-19-38(48(44)30-50)36-23-22-31-10-1-2-11-32(31)26-36)35-13-7-12-33(27-35)34-24-25-45-41-16-4-3-14-39(41)40-15-5-6-17-42(40)46(45)28-34/h1-28H. The van der Waals surface area contributed by atoms with Crippen LogP contribution in [-0.4, -0.2) is 0 Å². The Morgan fingerprint density at radius 2 is 0.720 bits per heavy atom. The third-order valence-electron chi connectivity index (χ3n) is 9.95. The lowest BCUT2D eigenvalue weighted by molar-refractivity contribution is 1.45. The molecule has 0 aliphatic heterocycles. The summed E-state index contributed by atoms with van der Waals surface area (Å²) in [5.41, 5.74) is 8.41. The zero-order chi connectivity index (χ0) is 33.6. The van der Waals surface area contributed by atoms with Crippen LogP contribution in [0, 0.1) is 22.7 Å². The molecule has 0 aliphatic rings. The summed E-state index contributed by atoms with van der Waals surface area (Å²) in [6.07, 6.45) is 0. The molecule has 0 radical (unpaired) electrons. The Morgan fingerprint density at radius 1 is 0.280 bits per heavy atom. The topological polar surface area (TPSA) is 47.6 Å². The number of hydrogen-bond donors (Lipinski definition) is 0. The van der Waals surface area contributed by atoms with Crippen LogP contribution in [0.4, 0.5) is 0 Å². The predicted molar refractivity (Wildman–Crippen MR) is 208 cm³/mol. The highest BCUT2D eigenvalue weighted by Crippen LogP contribution is 2.40. The fourth-order valence-corrected chi connectivity index (χ4v) is 7.59. The molecule has 0 fully saturated rings. The average molecular weight is 633 g/mol. The highest BCUT2D eigenvalue weighted by atomic mass is 14.3. The van der Waals surface area contributed by atoms with E-state index in [0.29, 0.717) is 11.1 Å². The molecule has 9 aromatic rings. The van der Waals surface area contributed by atoms with Crippen molar-refractivity contribution in [3.8, 4) is 56.6 Å². The summed E-state index contributed by atoms with van der Waals surface area (Å²) < 4.78 is 0. The molecular formula is C48H28N2. The molecular weight excluding hydrogens is 605 g/mol. The smallest absolute Gasteiger partial charge is 0.100 e. The fourth-order valence-electron chi connectivity index (χ4n) is 7.59. The van der Waals surface area contributed by atoms with Crippen molar-refractivity contribution in [1.29, 1.82) is 10.5 Å². The van der Waals surface area contributed by atoms with E-state index in [1.54, 1.807) is 0 Å². The van der Waals surface area contributed by atoms with Gasteiger partial charge in [-0.05, 0) is 83.5 Å². The zero-order valence-electron chi connectivity index (χ0n) is 27.1. The highest BCUT2D eigenvalue weighted by molar-refractivity contribution is 6.25. The molecule has 0 heterocycles. The Morgan fingerprint density at radius 3 is 1.34 bits per heavy atom. The van der Waals surface area contributed by atoms with Gasteiger partial charge in [0.25, 0.3) is 0 Å². The third kappa shape index (κ3) is 4.71. The van der Waals surface area contributed by atoms with Crippen molar-refractivity contribution in [2.75, 3.05) is 0 Å². The van der Waals surface area contributed by atoms with Gasteiger partial charge < -0.3 is 0 Å². The van der Waals surface area contributed by atoms with Crippen molar-refractivity contribution < 1.29 is 0 Å². The quantitative estimate of drug-likeness (QED) is 0.181. The molecule has 0 aromatic heterocycles.